The standard InChI is InChI=1S/C18H15ClN2O5S2/c1-10-3-5-12(6-4-10)28(23,24)26-16-13(19)7-11(8-14(16)25-2)9-15-17(22)21-18(20)27-15/h3-9H,1-2H3,(H2,20,21,22)/b15-9+. The molecule has 10 heteroatoms. The number of carbonyl (C=O) groups excluding carboxylic acids is 1. The van der Waals surface area contributed by atoms with E-state index in [0.717, 1.165) is 17.3 Å². The number of ether oxygens (including phenoxy) is 1. The molecule has 7 nitrogen and oxygen atoms in total. The second-order valence-electron chi connectivity index (χ2n) is 5.75. The van der Waals surface area contributed by atoms with Crippen LogP contribution in [0.25, 0.3) is 6.08 Å². The van der Waals surface area contributed by atoms with Crippen LogP contribution in [0.2, 0.25) is 5.02 Å². The molecule has 0 aromatic heterocycles. The number of aliphatic imine (C=N–C) groups is 1. The number of carbonyl (C=O) groups is 1. The molecule has 0 radical (unpaired) electrons. The number of hydrogen-bond donors (Lipinski definition) is 1. The molecule has 146 valence electrons. The van der Waals surface area contributed by atoms with E-state index in [9.17, 15) is 13.2 Å². The normalized spacial score (nSPS) is 15.6. The van der Waals surface area contributed by atoms with E-state index in [-0.39, 0.29) is 26.6 Å². The summed E-state index contributed by atoms with van der Waals surface area (Å²) in [5, 5.41) is 0.157. The predicted octanol–water partition coefficient (Wildman–Crippen LogP) is 3.35. The highest BCUT2D eigenvalue weighted by molar-refractivity contribution is 8.18. The first-order valence-corrected chi connectivity index (χ1v) is 10.5. The molecule has 2 aromatic carbocycles. The number of aryl methyl sites for hydroxylation is 1. The van der Waals surface area contributed by atoms with Crippen LogP contribution in [0.15, 0.2) is 51.2 Å². The van der Waals surface area contributed by atoms with Gasteiger partial charge in [-0.3, -0.25) is 4.79 Å². The van der Waals surface area contributed by atoms with Crippen LogP contribution in [0.1, 0.15) is 11.1 Å². The molecule has 0 spiro atoms. The van der Waals surface area contributed by atoms with Crippen molar-refractivity contribution in [3.63, 3.8) is 0 Å². The van der Waals surface area contributed by atoms with Gasteiger partial charge in [-0.1, -0.05) is 29.3 Å². The Morgan fingerprint density at radius 3 is 2.46 bits per heavy atom. The van der Waals surface area contributed by atoms with Crippen LogP contribution in [0.5, 0.6) is 11.5 Å². The zero-order valence-electron chi connectivity index (χ0n) is 14.8. The van der Waals surface area contributed by atoms with Crippen molar-refractivity contribution in [2.24, 2.45) is 10.7 Å². The molecule has 2 aromatic rings. The number of nitrogens with two attached hydrogens (primary N) is 1. The summed E-state index contributed by atoms with van der Waals surface area (Å²) in [6.07, 6.45) is 1.53. The first kappa shape index (κ1) is 20.2. The molecule has 0 aliphatic carbocycles. The Morgan fingerprint density at radius 1 is 1.21 bits per heavy atom. The number of hydrogen-bond acceptors (Lipinski definition) is 7. The lowest BCUT2D eigenvalue weighted by Gasteiger charge is -2.13. The number of benzene rings is 2. The maximum atomic E-state index is 12.6. The van der Waals surface area contributed by atoms with Crippen molar-refractivity contribution in [1.82, 2.24) is 0 Å². The minimum absolute atomic E-state index is 0.00576. The lowest BCUT2D eigenvalue weighted by molar-refractivity contribution is -0.113. The topological polar surface area (TPSA) is 108 Å². The highest BCUT2D eigenvalue weighted by atomic mass is 35.5. The van der Waals surface area contributed by atoms with Crippen molar-refractivity contribution >= 4 is 50.6 Å². The van der Waals surface area contributed by atoms with Crippen molar-refractivity contribution in [1.29, 1.82) is 0 Å². The summed E-state index contributed by atoms with van der Waals surface area (Å²) in [6, 6.07) is 9.16. The number of rotatable bonds is 5. The van der Waals surface area contributed by atoms with Gasteiger partial charge in [-0.25, -0.2) is 0 Å². The quantitative estimate of drug-likeness (QED) is 0.563. The number of nitrogens with zero attached hydrogens (tertiary/aromatic N) is 1. The lowest BCUT2D eigenvalue weighted by atomic mass is 10.2. The fourth-order valence-corrected chi connectivity index (χ4v) is 4.29. The van der Waals surface area contributed by atoms with Crippen molar-refractivity contribution in [3.05, 3.63) is 57.5 Å². The Bertz CT molecular complexity index is 1110. The largest absolute Gasteiger partial charge is 0.493 e. The van der Waals surface area contributed by atoms with E-state index in [1.807, 2.05) is 6.92 Å². The Kier molecular flexibility index (Phi) is 5.69. The second kappa shape index (κ2) is 7.86. The first-order valence-electron chi connectivity index (χ1n) is 7.86. The number of thioether (sulfide) groups is 1. The van der Waals surface area contributed by atoms with Crippen molar-refractivity contribution in [2.75, 3.05) is 7.11 Å². The molecule has 0 fully saturated rings. The second-order valence-corrected chi connectivity index (χ2v) is 8.77. The van der Waals surface area contributed by atoms with Gasteiger partial charge in [0, 0.05) is 0 Å². The van der Waals surface area contributed by atoms with Crippen LogP contribution in [-0.2, 0) is 14.9 Å². The third-order valence-corrected chi connectivity index (χ3v) is 6.02. The van der Waals surface area contributed by atoms with Crippen LogP contribution in [0.4, 0.5) is 0 Å². The molecular weight excluding hydrogens is 424 g/mol. The summed E-state index contributed by atoms with van der Waals surface area (Å²) in [4.78, 5) is 15.7. The average Bonchev–Trinajstić information content (AvgIpc) is 2.94. The zero-order chi connectivity index (χ0) is 20.5. The van der Waals surface area contributed by atoms with Gasteiger partial charge >= 0.3 is 10.1 Å². The van der Waals surface area contributed by atoms with Crippen molar-refractivity contribution < 1.29 is 22.1 Å². The molecule has 1 heterocycles. The third-order valence-electron chi connectivity index (χ3n) is 3.69. The average molecular weight is 439 g/mol. The number of amidine groups is 1. The Balaban J connectivity index is 1.95. The highest BCUT2D eigenvalue weighted by Crippen LogP contribution is 2.39. The highest BCUT2D eigenvalue weighted by Gasteiger charge is 2.23. The van der Waals surface area contributed by atoms with Gasteiger partial charge in [0.2, 0.25) is 5.75 Å². The minimum Gasteiger partial charge on any atom is -0.493 e. The summed E-state index contributed by atoms with van der Waals surface area (Å²) in [5.41, 5.74) is 6.94. The van der Waals surface area contributed by atoms with Gasteiger partial charge in [0.25, 0.3) is 5.91 Å². The van der Waals surface area contributed by atoms with Crippen LogP contribution in [0, 0.1) is 6.92 Å². The SMILES string of the molecule is COc1cc(/C=C2/SC(N)=NC2=O)cc(Cl)c1OS(=O)(=O)c1ccc(C)cc1. The summed E-state index contributed by atoms with van der Waals surface area (Å²) in [7, 11) is -2.76. The van der Waals surface area contributed by atoms with E-state index >= 15 is 0 Å². The van der Waals surface area contributed by atoms with Gasteiger partial charge in [0.15, 0.2) is 10.9 Å². The summed E-state index contributed by atoms with van der Waals surface area (Å²) in [6.45, 7) is 1.84. The van der Waals surface area contributed by atoms with Gasteiger partial charge in [-0.2, -0.15) is 13.4 Å². The van der Waals surface area contributed by atoms with Gasteiger partial charge in [0.1, 0.15) is 4.90 Å². The molecule has 0 unspecified atom stereocenters. The van der Waals surface area contributed by atoms with Crippen LogP contribution < -0.4 is 14.7 Å². The molecule has 1 amide bonds. The molecule has 0 atom stereocenters. The third kappa shape index (κ3) is 4.32. The predicted molar refractivity (Wildman–Crippen MR) is 109 cm³/mol. The number of amides is 1. The monoisotopic (exact) mass is 438 g/mol. The van der Waals surface area contributed by atoms with Gasteiger partial charge in [-0.05, 0) is 54.6 Å². The fraction of sp³-hybridized carbons (Fsp3) is 0.111. The lowest BCUT2D eigenvalue weighted by Crippen LogP contribution is -2.11. The molecule has 1 aliphatic heterocycles. The van der Waals surface area contributed by atoms with Gasteiger partial charge in [-0.15, -0.1) is 0 Å². The Morgan fingerprint density at radius 2 is 1.89 bits per heavy atom. The summed E-state index contributed by atoms with van der Waals surface area (Å²) >= 11 is 7.27. The van der Waals surface area contributed by atoms with Crippen molar-refractivity contribution in [3.8, 4) is 11.5 Å². The Labute approximate surface area is 171 Å². The van der Waals surface area contributed by atoms with Crippen LogP contribution in [0.3, 0.4) is 0 Å². The van der Waals surface area contributed by atoms with Crippen LogP contribution >= 0.6 is 23.4 Å². The molecule has 28 heavy (non-hydrogen) atoms. The summed E-state index contributed by atoms with van der Waals surface area (Å²) < 4.78 is 35.6. The van der Waals surface area contributed by atoms with Gasteiger partial charge in [0.05, 0.1) is 17.0 Å². The number of halogens is 1. The first-order chi connectivity index (χ1) is 13.2. The molecule has 2 N–H and O–H groups in total. The molecule has 0 bridgehead atoms. The maximum Gasteiger partial charge on any atom is 0.339 e. The molecule has 0 saturated carbocycles. The van der Waals surface area contributed by atoms with Crippen molar-refractivity contribution in [2.45, 2.75) is 11.8 Å². The van der Waals surface area contributed by atoms with Gasteiger partial charge < -0.3 is 14.7 Å². The fourth-order valence-electron chi connectivity index (χ4n) is 2.34. The Hall–Kier alpha value is -2.49. The van der Waals surface area contributed by atoms with E-state index in [2.05, 4.69) is 4.99 Å². The van der Waals surface area contributed by atoms with Crippen LogP contribution in [-0.4, -0.2) is 26.6 Å². The smallest absolute Gasteiger partial charge is 0.339 e. The van der Waals surface area contributed by atoms with E-state index < -0.39 is 16.0 Å². The molecule has 1 aliphatic rings. The molecular formula is C18H15ClN2O5S2. The van der Waals surface area contributed by atoms with E-state index in [1.54, 1.807) is 12.1 Å². The zero-order valence-corrected chi connectivity index (χ0v) is 17.2. The maximum absolute atomic E-state index is 12.6. The van der Waals surface area contributed by atoms with E-state index in [4.69, 9.17) is 26.3 Å². The minimum atomic E-state index is -4.11. The van der Waals surface area contributed by atoms with E-state index in [0.29, 0.717) is 10.5 Å². The molecule has 0 saturated heterocycles. The summed E-state index contributed by atoms with van der Waals surface area (Å²) in [5.74, 6) is -0.507. The number of methoxy groups -OCH3 is 1. The van der Waals surface area contributed by atoms with E-state index in [1.165, 1.54) is 37.5 Å². The molecule has 3 rings (SSSR count).